The first-order valence-electron chi connectivity index (χ1n) is 9.67. The van der Waals surface area contributed by atoms with Gasteiger partial charge < -0.3 is 4.74 Å². The van der Waals surface area contributed by atoms with Crippen LogP contribution in [-0.2, 0) is 9.53 Å². The Balaban J connectivity index is 3.69. The van der Waals surface area contributed by atoms with Gasteiger partial charge in [-0.15, -0.1) is 11.8 Å². The van der Waals surface area contributed by atoms with Crippen LogP contribution < -0.4 is 0 Å². The molecule has 2 heteroatoms. The Labute approximate surface area is 140 Å². The van der Waals surface area contributed by atoms with Crippen LogP contribution >= 0.6 is 0 Å². The molecule has 0 N–H and O–H groups in total. The molecule has 0 aromatic rings. The SMILES string of the molecule is [2H]C([2H])(C#CCCCCC)C#CCCCCCCCC(=O)OCC. The number of esters is 1. The maximum atomic E-state index is 11.2. The van der Waals surface area contributed by atoms with Crippen molar-refractivity contribution in [2.45, 2.75) is 90.8 Å². The molecule has 0 aliphatic heterocycles. The van der Waals surface area contributed by atoms with E-state index in [9.17, 15) is 4.79 Å². The van der Waals surface area contributed by atoms with Crippen LogP contribution in [0, 0.1) is 23.7 Å². The molecule has 0 aliphatic carbocycles. The van der Waals surface area contributed by atoms with E-state index in [2.05, 4.69) is 30.6 Å². The summed E-state index contributed by atoms with van der Waals surface area (Å²) in [5.74, 6) is 10.9. The highest BCUT2D eigenvalue weighted by Crippen LogP contribution is 2.07. The fraction of sp³-hybridized carbons (Fsp3) is 0.750. The van der Waals surface area contributed by atoms with Crippen molar-refractivity contribution < 1.29 is 12.3 Å². The van der Waals surface area contributed by atoms with Crippen molar-refractivity contribution in [3.63, 3.8) is 0 Å². The lowest BCUT2D eigenvalue weighted by Gasteiger charge is -2.01. The van der Waals surface area contributed by atoms with Gasteiger partial charge in [-0.25, -0.2) is 0 Å². The summed E-state index contributed by atoms with van der Waals surface area (Å²) in [6, 6.07) is 0. The zero-order chi connectivity index (χ0) is 18.1. The topological polar surface area (TPSA) is 26.3 Å². The molecule has 0 spiro atoms. The van der Waals surface area contributed by atoms with E-state index < -0.39 is 6.37 Å². The first kappa shape index (κ1) is 17.0. The molecule has 0 saturated carbocycles. The van der Waals surface area contributed by atoms with Gasteiger partial charge in [-0.2, -0.15) is 0 Å². The number of carbonyl (C=O) groups is 1. The molecule has 0 aromatic carbocycles. The van der Waals surface area contributed by atoms with Gasteiger partial charge in [0.1, 0.15) is 0 Å². The molecule has 0 bridgehead atoms. The third-order valence-corrected chi connectivity index (χ3v) is 3.20. The lowest BCUT2D eigenvalue weighted by atomic mass is 10.1. The molecule has 0 fully saturated rings. The van der Waals surface area contributed by atoms with Crippen molar-refractivity contribution in [1.82, 2.24) is 0 Å². The van der Waals surface area contributed by atoms with Crippen LogP contribution in [0.5, 0.6) is 0 Å². The maximum Gasteiger partial charge on any atom is 0.305 e. The minimum atomic E-state index is -1.69. The molecule has 0 atom stereocenters. The van der Waals surface area contributed by atoms with Gasteiger partial charge in [0.25, 0.3) is 0 Å². The number of hydrogen-bond acceptors (Lipinski definition) is 2. The molecule has 0 radical (unpaired) electrons. The average molecular weight is 306 g/mol. The van der Waals surface area contributed by atoms with E-state index in [0.717, 1.165) is 57.8 Å². The second-order valence-electron chi connectivity index (χ2n) is 5.26. The van der Waals surface area contributed by atoms with E-state index in [1.54, 1.807) is 0 Å². The van der Waals surface area contributed by atoms with Crippen LogP contribution in [-0.4, -0.2) is 12.6 Å². The highest BCUT2D eigenvalue weighted by molar-refractivity contribution is 5.69. The summed E-state index contributed by atoms with van der Waals surface area (Å²) in [4.78, 5) is 11.2. The van der Waals surface area contributed by atoms with E-state index in [0.29, 0.717) is 19.4 Å². The fourth-order valence-corrected chi connectivity index (χ4v) is 1.95. The Hall–Kier alpha value is -1.41. The fourth-order valence-electron chi connectivity index (χ4n) is 1.95. The van der Waals surface area contributed by atoms with Gasteiger partial charge in [-0.05, 0) is 26.2 Å². The molecular formula is C20H32O2. The van der Waals surface area contributed by atoms with Gasteiger partial charge in [0.2, 0.25) is 0 Å². The summed E-state index contributed by atoms with van der Waals surface area (Å²) in [6.07, 6.45) is 8.59. The predicted octanol–water partition coefficient (Wildman–Crippen LogP) is 5.26. The monoisotopic (exact) mass is 306 g/mol. The lowest BCUT2D eigenvalue weighted by molar-refractivity contribution is -0.143. The smallest absolute Gasteiger partial charge is 0.305 e. The molecule has 0 unspecified atom stereocenters. The van der Waals surface area contributed by atoms with Crippen LogP contribution in [0.3, 0.4) is 0 Å². The van der Waals surface area contributed by atoms with Crippen LogP contribution in [0.2, 0.25) is 0 Å². The van der Waals surface area contributed by atoms with Crippen LogP contribution in [0.15, 0.2) is 0 Å². The Morgan fingerprint density at radius 3 is 2.09 bits per heavy atom. The Morgan fingerprint density at radius 2 is 1.45 bits per heavy atom. The second kappa shape index (κ2) is 17.6. The number of ether oxygens (including phenoxy) is 1. The quantitative estimate of drug-likeness (QED) is 0.296. The van der Waals surface area contributed by atoms with Crippen LogP contribution in [0.25, 0.3) is 0 Å². The summed E-state index contributed by atoms with van der Waals surface area (Å²) in [5.41, 5.74) is 0. The molecule has 0 amide bonds. The number of hydrogen-bond donors (Lipinski definition) is 0. The number of unbranched alkanes of at least 4 members (excludes halogenated alkanes) is 8. The highest BCUT2D eigenvalue weighted by Gasteiger charge is 2.00. The zero-order valence-corrected chi connectivity index (χ0v) is 14.3. The molecule has 0 heterocycles. The third-order valence-electron chi connectivity index (χ3n) is 3.20. The van der Waals surface area contributed by atoms with Crippen molar-refractivity contribution in [2.24, 2.45) is 0 Å². The van der Waals surface area contributed by atoms with Gasteiger partial charge in [0.15, 0.2) is 0 Å². The molecule has 0 aromatic heterocycles. The first-order valence-corrected chi connectivity index (χ1v) is 8.67. The first-order chi connectivity index (χ1) is 11.5. The average Bonchev–Trinajstić information content (AvgIpc) is 2.53. The largest absolute Gasteiger partial charge is 0.466 e. The van der Waals surface area contributed by atoms with E-state index in [4.69, 9.17) is 7.48 Å². The van der Waals surface area contributed by atoms with E-state index in [-0.39, 0.29) is 5.97 Å². The summed E-state index contributed by atoms with van der Waals surface area (Å²) in [7, 11) is 0. The summed E-state index contributed by atoms with van der Waals surface area (Å²) < 4.78 is 20.3. The van der Waals surface area contributed by atoms with Crippen molar-refractivity contribution in [3.8, 4) is 23.7 Å². The minimum absolute atomic E-state index is 0.110. The third kappa shape index (κ3) is 16.6. The minimum Gasteiger partial charge on any atom is -0.466 e. The second-order valence-corrected chi connectivity index (χ2v) is 5.26. The zero-order valence-electron chi connectivity index (χ0n) is 16.3. The van der Waals surface area contributed by atoms with Gasteiger partial charge in [0, 0.05) is 19.3 Å². The number of carbonyl (C=O) groups excluding carboxylic acids is 1. The molecule has 0 rings (SSSR count). The van der Waals surface area contributed by atoms with Gasteiger partial charge in [-0.3, -0.25) is 4.79 Å². The lowest BCUT2D eigenvalue weighted by Crippen LogP contribution is -2.03. The van der Waals surface area contributed by atoms with Crippen molar-refractivity contribution in [2.75, 3.05) is 6.61 Å². The molecular weight excluding hydrogens is 272 g/mol. The van der Waals surface area contributed by atoms with E-state index in [1.165, 1.54) is 0 Å². The van der Waals surface area contributed by atoms with Crippen molar-refractivity contribution in [3.05, 3.63) is 0 Å². The van der Waals surface area contributed by atoms with Gasteiger partial charge in [-0.1, -0.05) is 50.9 Å². The van der Waals surface area contributed by atoms with Crippen LogP contribution in [0.1, 0.15) is 93.6 Å². The Kier molecular flexibility index (Phi) is 13.6. The van der Waals surface area contributed by atoms with Crippen molar-refractivity contribution in [1.29, 1.82) is 0 Å². The van der Waals surface area contributed by atoms with Crippen molar-refractivity contribution >= 4 is 5.97 Å². The molecule has 0 aliphatic rings. The Bertz CT molecular complexity index is 450. The van der Waals surface area contributed by atoms with E-state index in [1.807, 2.05) is 6.92 Å². The number of rotatable bonds is 11. The predicted molar refractivity (Wildman–Crippen MR) is 93.3 cm³/mol. The summed E-state index contributed by atoms with van der Waals surface area (Å²) in [6.45, 7) is 4.41. The van der Waals surface area contributed by atoms with Crippen LogP contribution in [0.4, 0.5) is 0 Å². The van der Waals surface area contributed by atoms with Gasteiger partial charge in [0.05, 0.1) is 15.7 Å². The normalized spacial score (nSPS) is 11.4. The molecule has 124 valence electrons. The highest BCUT2D eigenvalue weighted by atomic mass is 16.5. The maximum absolute atomic E-state index is 11.2. The standard InChI is InChI=1S/C20H32O2/c1-3-5-6-7-8-9-10-11-12-13-14-15-16-17-18-19-20(21)22-4-2/h3-7,10,13-19H2,1-2H3/i10D2. The Morgan fingerprint density at radius 1 is 0.864 bits per heavy atom. The van der Waals surface area contributed by atoms with Gasteiger partial charge >= 0.3 is 5.97 Å². The summed E-state index contributed by atoms with van der Waals surface area (Å²) in [5, 5.41) is 0. The molecule has 22 heavy (non-hydrogen) atoms. The summed E-state index contributed by atoms with van der Waals surface area (Å²) >= 11 is 0. The molecule has 2 nitrogen and oxygen atoms in total. The van der Waals surface area contributed by atoms with E-state index >= 15 is 0 Å². The molecule has 0 saturated heterocycles.